The molecule has 0 spiro atoms. The minimum Gasteiger partial charge on any atom is -0.354 e. The topological polar surface area (TPSA) is 49.3 Å². The average Bonchev–Trinajstić information content (AvgIpc) is 2.41. The Morgan fingerprint density at radius 3 is 2.65 bits per heavy atom. The molecule has 1 rings (SSSR count). The fraction of sp³-hybridized carbons (Fsp3) is 0.625. The van der Waals surface area contributed by atoms with Gasteiger partial charge in [-0.3, -0.25) is 9.98 Å². The third-order valence-corrected chi connectivity index (χ3v) is 3.10. The van der Waals surface area contributed by atoms with Crippen molar-refractivity contribution < 1.29 is 0 Å². The number of hydrogen-bond donors (Lipinski definition) is 2. The van der Waals surface area contributed by atoms with Crippen molar-refractivity contribution in [2.75, 3.05) is 7.05 Å². The van der Waals surface area contributed by atoms with E-state index >= 15 is 0 Å². The van der Waals surface area contributed by atoms with Gasteiger partial charge in [0.25, 0.3) is 0 Å². The molecule has 0 bridgehead atoms. The molecular formula is C16H28N4. The Labute approximate surface area is 123 Å². The van der Waals surface area contributed by atoms with Gasteiger partial charge >= 0.3 is 0 Å². The highest BCUT2D eigenvalue weighted by molar-refractivity contribution is 5.79. The lowest BCUT2D eigenvalue weighted by molar-refractivity contribution is 0.346. The molecule has 1 atom stereocenters. The van der Waals surface area contributed by atoms with E-state index < -0.39 is 0 Å². The zero-order chi connectivity index (χ0) is 15.0. The molecule has 0 amide bonds. The van der Waals surface area contributed by atoms with Crippen LogP contribution >= 0.6 is 0 Å². The molecule has 0 fully saturated rings. The summed E-state index contributed by atoms with van der Waals surface area (Å²) in [6.45, 7) is 9.70. The normalized spacial score (nSPS) is 13.9. The number of pyridine rings is 1. The van der Waals surface area contributed by atoms with Crippen molar-refractivity contribution in [3.63, 3.8) is 0 Å². The number of aliphatic imine (C=N–C) groups is 1. The van der Waals surface area contributed by atoms with Crippen LogP contribution in [0.4, 0.5) is 0 Å². The molecule has 1 aromatic heterocycles. The summed E-state index contributed by atoms with van der Waals surface area (Å²) >= 11 is 0. The first-order valence-electron chi connectivity index (χ1n) is 7.28. The molecule has 2 N–H and O–H groups in total. The van der Waals surface area contributed by atoms with Gasteiger partial charge in [-0.1, -0.05) is 26.8 Å². The Bertz CT molecular complexity index is 406. The molecule has 0 aromatic carbocycles. The SMILES string of the molecule is CN=C(NCc1ccccn1)NC(C)CCC(C)(C)C. The average molecular weight is 276 g/mol. The Morgan fingerprint density at radius 1 is 1.35 bits per heavy atom. The van der Waals surface area contributed by atoms with Gasteiger partial charge in [-0.2, -0.15) is 0 Å². The molecule has 4 nitrogen and oxygen atoms in total. The number of aromatic nitrogens is 1. The second kappa shape index (κ2) is 7.88. The zero-order valence-electron chi connectivity index (χ0n) is 13.4. The summed E-state index contributed by atoms with van der Waals surface area (Å²) in [7, 11) is 1.80. The van der Waals surface area contributed by atoms with Crippen LogP contribution in [0.25, 0.3) is 0 Å². The van der Waals surface area contributed by atoms with E-state index in [-0.39, 0.29) is 0 Å². The molecule has 4 heteroatoms. The molecule has 0 saturated carbocycles. The second-order valence-corrected chi connectivity index (χ2v) is 6.39. The van der Waals surface area contributed by atoms with E-state index in [9.17, 15) is 0 Å². The van der Waals surface area contributed by atoms with Crippen LogP contribution in [-0.4, -0.2) is 24.0 Å². The van der Waals surface area contributed by atoms with Crippen LogP contribution in [-0.2, 0) is 6.54 Å². The van der Waals surface area contributed by atoms with Crippen LogP contribution < -0.4 is 10.6 Å². The van der Waals surface area contributed by atoms with Crippen LogP contribution in [0.2, 0.25) is 0 Å². The summed E-state index contributed by atoms with van der Waals surface area (Å²) in [5.74, 6) is 0.831. The van der Waals surface area contributed by atoms with Crippen molar-refractivity contribution >= 4 is 5.96 Å². The first kappa shape index (κ1) is 16.5. The highest BCUT2D eigenvalue weighted by Gasteiger charge is 2.13. The predicted octanol–water partition coefficient (Wildman–Crippen LogP) is 2.96. The van der Waals surface area contributed by atoms with Gasteiger partial charge in [-0.05, 0) is 37.3 Å². The Morgan fingerprint density at radius 2 is 2.10 bits per heavy atom. The van der Waals surface area contributed by atoms with Gasteiger partial charge < -0.3 is 10.6 Å². The van der Waals surface area contributed by atoms with Gasteiger partial charge in [0.15, 0.2) is 5.96 Å². The Kier molecular flexibility index (Phi) is 6.49. The number of rotatable bonds is 5. The van der Waals surface area contributed by atoms with Gasteiger partial charge in [0, 0.05) is 19.3 Å². The van der Waals surface area contributed by atoms with Gasteiger partial charge in [0.2, 0.25) is 0 Å². The number of nitrogens with one attached hydrogen (secondary N) is 2. The van der Waals surface area contributed by atoms with Crippen LogP contribution in [0.15, 0.2) is 29.4 Å². The van der Waals surface area contributed by atoms with Gasteiger partial charge in [0.05, 0.1) is 12.2 Å². The second-order valence-electron chi connectivity index (χ2n) is 6.39. The maximum absolute atomic E-state index is 4.29. The van der Waals surface area contributed by atoms with Crippen molar-refractivity contribution in [1.29, 1.82) is 0 Å². The molecule has 0 saturated heterocycles. The third-order valence-electron chi connectivity index (χ3n) is 3.10. The van der Waals surface area contributed by atoms with E-state index in [1.165, 1.54) is 6.42 Å². The number of hydrogen-bond acceptors (Lipinski definition) is 2. The number of nitrogens with zero attached hydrogens (tertiary/aromatic N) is 2. The fourth-order valence-corrected chi connectivity index (χ4v) is 1.83. The smallest absolute Gasteiger partial charge is 0.191 e. The van der Waals surface area contributed by atoms with Crippen LogP contribution in [0, 0.1) is 5.41 Å². The molecule has 20 heavy (non-hydrogen) atoms. The van der Waals surface area contributed by atoms with Gasteiger partial charge in [0.1, 0.15) is 0 Å². The summed E-state index contributed by atoms with van der Waals surface area (Å²) in [6, 6.07) is 6.32. The summed E-state index contributed by atoms with van der Waals surface area (Å²) in [5.41, 5.74) is 1.39. The van der Waals surface area contributed by atoms with Gasteiger partial charge in [-0.25, -0.2) is 0 Å². The molecule has 0 aliphatic carbocycles. The highest BCUT2D eigenvalue weighted by Crippen LogP contribution is 2.21. The first-order valence-corrected chi connectivity index (χ1v) is 7.28. The van der Waals surface area contributed by atoms with Crippen LogP contribution in [0.1, 0.15) is 46.2 Å². The molecule has 0 radical (unpaired) electrons. The van der Waals surface area contributed by atoms with E-state index in [0.29, 0.717) is 18.0 Å². The Balaban J connectivity index is 2.36. The fourth-order valence-electron chi connectivity index (χ4n) is 1.83. The standard InChI is InChI=1S/C16H28N4/c1-13(9-10-16(2,3)4)20-15(17-5)19-12-14-8-6-7-11-18-14/h6-8,11,13H,9-10,12H2,1-5H3,(H2,17,19,20). The maximum Gasteiger partial charge on any atom is 0.191 e. The summed E-state index contributed by atoms with van der Waals surface area (Å²) in [5, 5.41) is 6.71. The van der Waals surface area contributed by atoms with Crippen molar-refractivity contribution in [3.05, 3.63) is 30.1 Å². The minimum atomic E-state index is 0.376. The lowest BCUT2D eigenvalue weighted by atomic mass is 9.89. The van der Waals surface area contributed by atoms with Crippen molar-refractivity contribution in [3.8, 4) is 0 Å². The molecule has 1 heterocycles. The quantitative estimate of drug-likeness (QED) is 0.642. The van der Waals surface area contributed by atoms with E-state index in [1.807, 2.05) is 18.2 Å². The lowest BCUT2D eigenvalue weighted by Gasteiger charge is -2.23. The van der Waals surface area contributed by atoms with Crippen molar-refractivity contribution in [1.82, 2.24) is 15.6 Å². The monoisotopic (exact) mass is 276 g/mol. The lowest BCUT2D eigenvalue weighted by Crippen LogP contribution is -2.42. The van der Waals surface area contributed by atoms with E-state index in [4.69, 9.17) is 0 Å². The van der Waals surface area contributed by atoms with Gasteiger partial charge in [-0.15, -0.1) is 0 Å². The van der Waals surface area contributed by atoms with Crippen LogP contribution in [0.5, 0.6) is 0 Å². The predicted molar refractivity (Wildman–Crippen MR) is 85.7 cm³/mol. The minimum absolute atomic E-state index is 0.376. The van der Waals surface area contributed by atoms with E-state index in [2.05, 4.69) is 48.3 Å². The van der Waals surface area contributed by atoms with Crippen molar-refractivity contribution in [2.24, 2.45) is 10.4 Å². The molecule has 1 aromatic rings. The van der Waals surface area contributed by atoms with E-state index in [1.54, 1.807) is 13.2 Å². The third kappa shape index (κ3) is 7.12. The van der Waals surface area contributed by atoms with Crippen LogP contribution in [0.3, 0.4) is 0 Å². The summed E-state index contributed by atoms with van der Waals surface area (Å²) < 4.78 is 0. The Hall–Kier alpha value is -1.58. The largest absolute Gasteiger partial charge is 0.354 e. The van der Waals surface area contributed by atoms with E-state index in [0.717, 1.165) is 18.1 Å². The number of guanidine groups is 1. The highest BCUT2D eigenvalue weighted by atomic mass is 15.2. The zero-order valence-corrected chi connectivity index (χ0v) is 13.4. The molecule has 112 valence electrons. The molecule has 0 aliphatic rings. The molecule has 1 unspecified atom stereocenters. The molecular weight excluding hydrogens is 248 g/mol. The summed E-state index contributed by atoms with van der Waals surface area (Å²) in [4.78, 5) is 8.54. The molecule has 0 aliphatic heterocycles. The summed E-state index contributed by atoms with van der Waals surface area (Å²) in [6.07, 6.45) is 4.13. The maximum atomic E-state index is 4.29. The van der Waals surface area contributed by atoms with Crippen molar-refractivity contribution in [2.45, 2.75) is 53.1 Å². The first-order chi connectivity index (χ1) is 9.40.